The topological polar surface area (TPSA) is 99.5 Å². The van der Waals surface area contributed by atoms with Crippen LogP contribution in [0.3, 0.4) is 0 Å². The minimum Gasteiger partial charge on any atom is -0.495 e. The van der Waals surface area contributed by atoms with Crippen molar-refractivity contribution < 1.29 is 17.9 Å². The molecule has 0 aromatic heterocycles. The van der Waals surface area contributed by atoms with E-state index in [1.807, 2.05) is 6.07 Å². The summed E-state index contributed by atoms with van der Waals surface area (Å²) < 4.78 is 31.2. The minimum absolute atomic E-state index is 0.0895. The van der Waals surface area contributed by atoms with Gasteiger partial charge in [0, 0.05) is 19.2 Å². The number of nitrogens with one attached hydrogen (secondary N) is 1. The van der Waals surface area contributed by atoms with Gasteiger partial charge in [-0.2, -0.15) is 9.57 Å². The summed E-state index contributed by atoms with van der Waals surface area (Å²) in [5, 5.41) is 11.2. The second kappa shape index (κ2) is 7.06. The van der Waals surface area contributed by atoms with Crippen molar-refractivity contribution >= 4 is 21.6 Å². The maximum atomic E-state index is 12.6. The van der Waals surface area contributed by atoms with Gasteiger partial charge in [0.2, 0.25) is 15.9 Å². The van der Waals surface area contributed by atoms with E-state index in [0.29, 0.717) is 5.69 Å². The van der Waals surface area contributed by atoms with Crippen molar-refractivity contribution in [3.8, 4) is 11.8 Å². The van der Waals surface area contributed by atoms with Crippen LogP contribution in [0.15, 0.2) is 23.1 Å². The third-order valence-electron chi connectivity index (χ3n) is 2.70. The molecular weight excluding hydrogens is 294 g/mol. The van der Waals surface area contributed by atoms with Crippen LogP contribution in [0.2, 0.25) is 0 Å². The Kier molecular flexibility index (Phi) is 5.69. The van der Waals surface area contributed by atoms with Gasteiger partial charge in [0.1, 0.15) is 17.2 Å². The second-order valence-corrected chi connectivity index (χ2v) is 6.04. The van der Waals surface area contributed by atoms with Crippen LogP contribution in [0.25, 0.3) is 0 Å². The molecule has 0 saturated heterocycles. The maximum Gasteiger partial charge on any atom is 0.247 e. The number of hydrogen-bond donors (Lipinski definition) is 1. The molecule has 0 fully saturated rings. The van der Waals surface area contributed by atoms with Crippen molar-refractivity contribution in [2.24, 2.45) is 0 Å². The fourth-order valence-electron chi connectivity index (χ4n) is 1.74. The normalized spacial score (nSPS) is 11.0. The summed E-state index contributed by atoms with van der Waals surface area (Å²) in [5.41, 5.74) is 0.342. The zero-order valence-corrected chi connectivity index (χ0v) is 12.9. The zero-order valence-electron chi connectivity index (χ0n) is 12.1. The number of amides is 1. The van der Waals surface area contributed by atoms with E-state index in [1.165, 1.54) is 26.2 Å². The predicted molar refractivity (Wildman–Crippen MR) is 77.3 cm³/mol. The van der Waals surface area contributed by atoms with Crippen LogP contribution < -0.4 is 10.1 Å². The van der Waals surface area contributed by atoms with Gasteiger partial charge in [-0.1, -0.05) is 6.92 Å². The Bertz CT molecular complexity index is 664. The molecule has 0 bridgehead atoms. The summed E-state index contributed by atoms with van der Waals surface area (Å²) in [6.07, 6.45) is 0. The number of hydrogen-bond acceptors (Lipinski definition) is 5. The monoisotopic (exact) mass is 311 g/mol. The highest BCUT2D eigenvalue weighted by Gasteiger charge is 2.27. The van der Waals surface area contributed by atoms with Gasteiger partial charge in [-0.05, 0) is 18.2 Å². The van der Waals surface area contributed by atoms with Crippen molar-refractivity contribution in [2.45, 2.75) is 18.7 Å². The summed E-state index contributed by atoms with van der Waals surface area (Å²) in [6.45, 7) is 2.86. The average molecular weight is 311 g/mol. The molecular formula is C13H17N3O4S. The Balaban J connectivity index is 3.37. The van der Waals surface area contributed by atoms with Gasteiger partial charge in [0.05, 0.1) is 13.2 Å². The summed E-state index contributed by atoms with van der Waals surface area (Å²) in [7, 11) is -2.53. The maximum absolute atomic E-state index is 12.6. The lowest BCUT2D eigenvalue weighted by atomic mass is 10.3. The van der Waals surface area contributed by atoms with Crippen molar-refractivity contribution in [3.63, 3.8) is 0 Å². The van der Waals surface area contributed by atoms with E-state index in [4.69, 9.17) is 10.00 Å². The highest BCUT2D eigenvalue weighted by Crippen LogP contribution is 2.29. The van der Waals surface area contributed by atoms with Crippen LogP contribution in [-0.2, 0) is 14.8 Å². The number of rotatable bonds is 6. The molecule has 8 heteroatoms. The van der Waals surface area contributed by atoms with E-state index in [-0.39, 0.29) is 29.6 Å². The Hall–Kier alpha value is -2.11. The molecule has 0 radical (unpaired) electrons. The first-order valence-corrected chi connectivity index (χ1v) is 7.63. The molecule has 1 rings (SSSR count). The number of sulfonamides is 1. The molecule has 1 N–H and O–H groups in total. The Morgan fingerprint density at radius 2 is 2.14 bits per heavy atom. The highest BCUT2D eigenvalue weighted by molar-refractivity contribution is 7.89. The summed E-state index contributed by atoms with van der Waals surface area (Å²) >= 11 is 0. The molecule has 7 nitrogen and oxygen atoms in total. The third-order valence-corrected chi connectivity index (χ3v) is 4.64. The van der Waals surface area contributed by atoms with Gasteiger partial charge in [-0.3, -0.25) is 4.79 Å². The predicted octanol–water partition coefficient (Wildman–Crippen LogP) is 1.19. The molecule has 0 aliphatic rings. The van der Waals surface area contributed by atoms with Crippen molar-refractivity contribution in [1.29, 1.82) is 5.26 Å². The standard InChI is InChI=1S/C13H17N3O4S/c1-4-16(8-7-14)21(18,19)13-9-11(15-10(2)17)5-6-12(13)20-3/h5-6,9H,4,8H2,1-3H3,(H,15,17). The summed E-state index contributed by atoms with van der Waals surface area (Å²) in [4.78, 5) is 11.0. The molecule has 0 aliphatic carbocycles. The van der Waals surface area contributed by atoms with E-state index in [1.54, 1.807) is 13.0 Å². The van der Waals surface area contributed by atoms with Gasteiger partial charge in [-0.25, -0.2) is 8.42 Å². The minimum atomic E-state index is -3.88. The van der Waals surface area contributed by atoms with Gasteiger partial charge in [-0.15, -0.1) is 0 Å². The lowest BCUT2D eigenvalue weighted by molar-refractivity contribution is -0.114. The molecule has 114 valence electrons. The Labute approximate surface area is 124 Å². The number of nitrogens with zero attached hydrogens (tertiary/aromatic N) is 2. The number of carbonyl (C=O) groups is 1. The van der Waals surface area contributed by atoms with E-state index in [2.05, 4.69) is 5.32 Å². The van der Waals surface area contributed by atoms with Gasteiger partial charge in [0.25, 0.3) is 0 Å². The molecule has 1 aromatic carbocycles. The van der Waals surface area contributed by atoms with Crippen LogP contribution in [0.5, 0.6) is 5.75 Å². The first-order valence-electron chi connectivity index (χ1n) is 6.19. The van der Waals surface area contributed by atoms with E-state index >= 15 is 0 Å². The molecule has 1 aromatic rings. The van der Waals surface area contributed by atoms with E-state index < -0.39 is 10.0 Å². The lowest BCUT2D eigenvalue weighted by Crippen LogP contribution is -2.31. The SMILES string of the molecule is CCN(CC#N)S(=O)(=O)c1cc(NC(C)=O)ccc1OC. The summed E-state index contributed by atoms with van der Waals surface area (Å²) in [5.74, 6) is -0.159. The summed E-state index contributed by atoms with van der Waals surface area (Å²) in [6, 6.07) is 6.13. The fraction of sp³-hybridized carbons (Fsp3) is 0.385. The van der Waals surface area contributed by atoms with Crippen LogP contribution in [-0.4, -0.2) is 38.8 Å². The largest absolute Gasteiger partial charge is 0.495 e. The van der Waals surface area contributed by atoms with Gasteiger partial charge < -0.3 is 10.1 Å². The fourth-order valence-corrected chi connectivity index (χ4v) is 3.27. The number of methoxy groups -OCH3 is 1. The smallest absolute Gasteiger partial charge is 0.247 e. The van der Waals surface area contributed by atoms with Crippen molar-refractivity contribution in [3.05, 3.63) is 18.2 Å². The first kappa shape index (κ1) is 16.9. The van der Waals surface area contributed by atoms with Crippen LogP contribution in [0, 0.1) is 11.3 Å². The zero-order chi connectivity index (χ0) is 16.0. The number of nitriles is 1. The number of ether oxygens (including phenoxy) is 1. The third kappa shape index (κ3) is 3.93. The van der Waals surface area contributed by atoms with Gasteiger partial charge >= 0.3 is 0 Å². The van der Waals surface area contributed by atoms with E-state index in [0.717, 1.165) is 4.31 Å². The first-order chi connectivity index (χ1) is 9.86. The Morgan fingerprint density at radius 3 is 2.62 bits per heavy atom. The quantitative estimate of drug-likeness (QED) is 0.795. The number of carbonyl (C=O) groups excluding carboxylic acids is 1. The Morgan fingerprint density at radius 1 is 1.48 bits per heavy atom. The van der Waals surface area contributed by atoms with Crippen molar-refractivity contribution in [1.82, 2.24) is 4.31 Å². The molecule has 0 unspecified atom stereocenters. The van der Waals surface area contributed by atoms with Crippen molar-refractivity contribution in [2.75, 3.05) is 25.5 Å². The molecule has 0 spiro atoms. The molecule has 21 heavy (non-hydrogen) atoms. The lowest BCUT2D eigenvalue weighted by Gasteiger charge is -2.19. The second-order valence-electron chi connectivity index (χ2n) is 4.14. The highest BCUT2D eigenvalue weighted by atomic mass is 32.2. The molecule has 0 heterocycles. The number of benzene rings is 1. The molecule has 0 aliphatic heterocycles. The van der Waals surface area contributed by atoms with Gasteiger partial charge in [0.15, 0.2) is 0 Å². The number of anilines is 1. The van der Waals surface area contributed by atoms with E-state index in [9.17, 15) is 13.2 Å². The molecule has 0 saturated carbocycles. The molecule has 0 atom stereocenters. The van der Waals surface area contributed by atoms with Crippen LogP contribution in [0.1, 0.15) is 13.8 Å². The van der Waals surface area contributed by atoms with Crippen LogP contribution in [0.4, 0.5) is 5.69 Å². The van der Waals surface area contributed by atoms with Crippen LogP contribution >= 0.6 is 0 Å². The average Bonchev–Trinajstić information content (AvgIpc) is 2.43. The molecule has 1 amide bonds.